The van der Waals surface area contributed by atoms with Crippen LogP contribution in [0.2, 0.25) is 0 Å². The van der Waals surface area contributed by atoms with Crippen LogP contribution < -0.4 is 5.43 Å². The molecule has 2 rings (SSSR count). The molecule has 24 heavy (non-hydrogen) atoms. The third-order valence-corrected chi connectivity index (χ3v) is 3.89. The van der Waals surface area contributed by atoms with Crippen LogP contribution in [0.4, 0.5) is 17.1 Å². The maximum atomic E-state index is 11.0. The normalized spacial score (nSPS) is 10.7. The second-order valence-corrected chi connectivity index (χ2v) is 5.67. The molecule has 0 bridgehead atoms. The second kappa shape index (κ2) is 8.63. The number of rotatable bonds is 8. The lowest BCUT2D eigenvalue weighted by molar-refractivity contribution is -0.393. The summed E-state index contributed by atoms with van der Waals surface area (Å²) in [5.41, 5.74) is 3.13. The van der Waals surface area contributed by atoms with Gasteiger partial charge in [-0.15, -0.1) is 0 Å². The van der Waals surface area contributed by atoms with Gasteiger partial charge in [-0.3, -0.25) is 25.7 Å². The highest BCUT2D eigenvalue weighted by Gasteiger charge is 2.18. The standard InChI is InChI=1S/C15H14N4O4S/c20-18(21)13-6-7-14(15(10-13)19(22)23)17-16-8-9-24-11-12-4-2-1-3-5-12/h1-8,10,17H,9,11H2. The van der Waals surface area contributed by atoms with Crippen molar-refractivity contribution in [3.05, 3.63) is 74.3 Å². The summed E-state index contributed by atoms with van der Waals surface area (Å²) in [6.45, 7) is 0. The predicted octanol–water partition coefficient (Wildman–Crippen LogP) is 3.83. The van der Waals surface area contributed by atoms with Crippen LogP contribution in [0, 0.1) is 20.2 Å². The molecule has 0 aliphatic heterocycles. The molecule has 0 heterocycles. The van der Waals surface area contributed by atoms with Crippen LogP contribution in [0.15, 0.2) is 53.6 Å². The molecule has 1 N–H and O–H groups in total. The van der Waals surface area contributed by atoms with Crippen molar-refractivity contribution in [3.8, 4) is 0 Å². The zero-order chi connectivity index (χ0) is 17.4. The number of anilines is 1. The van der Waals surface area contributed by atoms with E-state index in [0.29, 0.717) is 5.75 Å². The zero-order valence-corrected chi connectivity index (χ0v) is 13.3. The molecule has 0 spiro atoms. The number of nitrogens with one attached hydrogen (secondary N) is 1. The van der Waals surface area contributed by atoms with Crippen molar-refractivity contribution in [3.63, 3.8) is 0 Å². The SMILES string of the molecule is O=[N+]([O-])c1ccc(NN=CCSCc2ccccc2)c([N+](=O)[O-])c1. The summed E-state index contributed by atoms with van der Waals surface area (Å²) < 4.78 is 0. The Bertz CT molecular complexity index is 752. The third-order valence-electron chi connectivity index (χ3n) is 2.97. The van der Waals surface area contributed by atoms with Crippen LogP contribution in [0.5, 0.6) is 0 Å². The van der Waals surface area contributed by atoms with Crippen molar-refractivity contribution in [1.29, 1.82) is 0 Å². The highest BCUT2D eigenvalue weighted by atomic mass is 32.2. The number of hydrazone groups is 1. The van der Waals surface area contributed by atoms with Gasteiger partial charge in [0.1, 0.15) is 5.69 Å². The number of thioether (sulfide) groups is 1. The number of hydrogen-bond donors (Lipinski definition) is 1. The van der Waals surface area contributed by atoms with Crippen molar-refractivity contribution in [1.82, 2.24) is 0 Å². The van der Waals surface area contributed by atoms with Crippen LogP contribution in [0.1, 0.15) is 5.56 Å². The number of nitro benzene ring substituents is 2. The summed E-state index contributed by atoms with van der Waals surface area (Å²) in [4.78, 5) is 20.3. The minimum atomic E-state index is -0.686. The first-order valence-corrected chi connectivity index (χ1v) is 8.05. The van der Waals surface area contributed by atoms with E-state index in [1.54, 1.807) is 18.0 Å². The summed E-state index contributed by atoms with van der Waals surface area (Å²) >= 11 is 1.65. The van der Waals surface area contributed by atoms with Crippen molar-refractivity contribution in [2.45, 2.75) is 5.75 Å². The van der Waals surface area contributed by atoms with E-state index in [1.807, 2.05) is 30.3 Å². The van der Waals surface area contributed by atoms with Crippen molar-refractivity contribution in [2.24, 2.45) is 5.10 Å². The maximum Gasteiger partial charge on any atom is 0.301 e. The van der Waals surface area contributed by atoms with E-state index in [2.05, 4.69) is 10.5 Å². The third kappa shape index (κ3) is 5.06. The van der Waals surface area contributed by atoms with Crippen molar-refractivity contribution < 1.29 is 9.85 Å². The van der Waals surface area contributed by atoms with Gasteiger partial charge in [0, 0.05) is 23.8 Å². The fraction of sp³-hybridized carbons (Fsp3) is 0.133. The molecular formula is C15H14N4O4S. The Morgan fingerprint density at radius 2 is 1.83 bits per heavy atom. The molecule has 0 saturated heterocycles. The van der Waals surface area contributed by atoms with Gasteiger partial charge < -0.3 is 0 Å². The summed E-state index contributed by atoms with van der Waals surface area (Å²) in [7, 11) is 0. The van der Waals surface area contributed by atoms with E-state index in [-0.39, 0.29) is 11.4 Å². The van der Waals surface area contributed by atoms with Gasteiger partial charge in [0.15, 0.2) is 0 Å². The fourth-order valence-electron chi connectivity index (χ4n) is 1.84. The lowest BCUT2D eigenvalue weighted by Crippen LogP contribution is -1.99. The Morgan fingerprint density at radius 3 is 2.50 bits per heavy atom. The monoisotopic (exact) mass is 346 g/mol. The lowest BCUT2D eigenvalue weighted by atomic mass is 10.2. The first kappa shape index (κ1) is 17.4. The van der Waals surface area contributed by atoms with Gasteiger partial charge in [0.25, 0.3) is 5.69 Å². The van der Waals surface area contributed by atoms with Gasteiger partial charge in [0.2, 0.25) is 0 Å². The Balaban J connectivity index is 1.89. The highest BCUT2D eigenvalue weighted by Crippen LogP contribution is 2.28. The highest BCUT2D eigenvalue weighted by molar-refractivity contribution is 7.99. The van der Waals surface area contributed by atoms with Gasteiger partial charge >= 0.3 is 5.69 Å². The molecule has 8 nitrogen and oxygen atoms in total. The van der Waals surface area contributed by atoms with Crippen LogP contribution >= 0.6 is 11.8 Å². The predicted molar refractivity (Wildman–Crippen MR) is 94.5 cm³/mol. The first-order chi connectivity index (χ1) is 11.6. The van der Waals surface area contributed by atoms with Gasteiger partial charge in [-0.2, -0.15) is 16.9 Å². The summed E-state index contributed by atoms with van der Waals surface area (Å²) in [6.07, 6.45) is 1.60. The Morgan fingerprint density at radius 1 is 1.08 bits per heavy atom. The van der Waals surface area contributed by atoms with E-state index in [1.165, 1.54) is 17.7 Å². The van der Waals surface area contributed by atoms with Gasteiger partial charge in [0.05, 0.1) is 15.9 Å². The van der Waals surface area contributed by atoms with E-state index >= 15 is 0 Å². The molecule has 0 aliphatic carbocycles. The molecule has 0 amide bonds. The van der Waals surface area contributed by atoms with Gasteiger partial charge in [-0.1, -0.05) is 30.3 Å². The van der Waals surface area contributed by atoms with Crippen molar-refractivity contribution >= 4 is 35.0 Å². The van der Waals surface area contributed by atoms with Crippen LogP contribution in [-0.4, -0.2) is 21.8 Å². The summed E-state index contributed by atoms with van der Waals surface area (Å²) in [5.74, 6) is 1.47. The number of hydrogen-bond acceptors (Lipinski definition) is 7. The Hall–Kier alpha value is -2.94. The molecule has 0 radical (unpaired) electrons. The van der Waals surface area contributed by atoms with Crippen LogP contribution in [0.3, 0.4) is 0 Å². The van der Waals surface area contributed by atoms with Crippen LogP contribution in [-0.2, 0) is 5.75 Å². The maximum absolute atomic E-state index is 11.0. The minimum Gasteiger partial charge on any atom is -0.272 e. The van der Waals surface area contributed by atoms with E-state index in [0.717, 1.165) is 11.8 Å². The zero-order valence-electron chi connectivity index (χ0n) is 12.5. The summed E-state index contributed by atoms with van der Waals surface area (Å²) in [5, 5.41) is 25.6. The van der Waals surface area contributed by atoms with E-state index < -0.39 is 15.5 Å². The largest absolute Gasteiger partial charge is 0.301 e. The summed E-state index contributed by atoms with van der Waals surface area (Å²) in [6, 6.07) is 13.3. The number of nitrogens with zero attached hydrogens (tertiary/aromatic N) is 3. The molecule has 2 aromatic rings. The van der Waals surface area contributed by atoms with E-state index in [4.69, 9.17) is 0 Å². The number of benzene rings is 2. The fourth-order valence-corrected chi connectivity index (χ4v) is 2.56. The number of nitro groups is 2. The molecule has 0 aromatic heterocycles. The van der Waals surface area contributed by atoms with E-state index in [9.17, 15) is 20.2 Å². The molecule has 2 aromatic carbocycles. The molecule has 0 atom stereocenters. The van der Waals surface area contributed by atoms with Crippen molar-refractivity contribution in [2.75, 3.05) is 11.2 Å². The van der Waals surface area contributed by atoms with Gasteiger partial charge in [-0.25, -0.2) is 0 Å². The molecule has 0 aliphatic rings. The molecule has 0 unspecified atom stereocenters. The molecule has 0 saturated carbocycles. The second-order valence-electron chi connectivity index (χ2n) is 4.64. The topological polar surface area (TPSA) is 111 Å². The average molecular weight is 346 g/mol. The quantitative estimate of drug-likeness (QED) is 0.336. The van der Waals surface area contributed by atoms with Gasteiger partial charge in [-0.05, 0) is 11.6 Å². The first-order valence-electron chi connectivity index (χ1n) is 6.90. The number of non-ortho nitro benzene ring substituents is 1. The average Bonchev–Trinajstić information content (AvgIpc) is 2.58. The Labute approximate surface area is 141 Å². The van der Waals surface area contributed by atoms with Crippen LogP contribution in [0.25, 0.3) is 0 Å². The molecule has 9 heteroatoms. The lowest BCUT2D eigenvalue weighted by Gasteiger charge is -2.02. The molecule has 124 valence electrons. The Kier molecular flexibility index (Phi) is 6.26. The smallest absolute Gasteiger partial charge is 0.272 e. The molecular weight excluding hydrogens is 332 g/mol. The minimum absolute atomic E-state index is 0.106. The molecule has 0 fully saturated rings.